The highest BCUT2D eigenvalue weighted by Crippen LogP contribution is 2.18. The zero-order valence-corrected chi connectivity index (χ0v) is 11.1. The third kappa shape index (κ3) is 3.35. The molecule has 2 rings (SSSR count). The van der Waals surface area contributed by atoms with E-state index in [4.69, 9.17) is 0 Å². The van der Waals surface area contributed by atoms with Gasteiger partial charge in [-0.3, -0.25) is 9.97 Å². The van der Waals surface area contributed by atoms with Crippen LogP contribution in [-0.2, 0) is 6.42 Å². The number of aliphatic hydroxyl groups excluding tert-OH is 1. The minimum absolute atomic E-state index is 0.517. The minimum Gasteiger partial charge on any atom is -0.386 e. The number of pyridine rings is 2. The highest BCUT2D eigenvalue weighted by Gasteiger charge is 2.10. The van der Waals surface area contributed by atoms with Crippen LogP contribution in [0.5, 0.6) is 0 Å². The van der Waals surface area contributed by atoms with E-state index in [1.165, 1.54) is 0 Å². The summed E-state index contributed by atoms with van der Waals surface area (Å²) >= 11 is 3.36. The van der Waals surface area contributed by atoms with Crippen LogP contribution in [0.4, 0.5) is 0 Å². The number of hydrogen-bond acceptors (Lipinski definition) is 3. The lowest BCUT2D eigenvalue weighted by molar-refractivity contribution is 0.173. The van der Waals surface area contributed by atoms with Crippen molar-refractivity contribution in [3.05, 3.63) is 58.1 Å². The SMILES string of the molecule is Cc1cccc(C(O)Cc2cncc(Br)c2)n1. The van der Waals surface area contributed by atoms with Gasteiger partial charge >= 0.3 is 0 Å². The van der Waals surface area contributed by atoms with Crippen LogP contribution in [-0.4, -0.2) is 15.1 Å². The Hall–Kier alpha value is -1.26. The van der Waals surface area contributed by atoms with Gasteiger partial charge in [-0.25, -0.2) is 0 Å². The van der Waals surface area contributed by atoms with Gasteiger partial charge in [0.25, 0.3) is 0 Å². The summed E-state index contributed by atoms with van der Waals surface area (Å²) in [5, 5.41) is 10.1. The predicted octanol–water partition coefficient (Wildman–Crippen LogP) is 2.82. The molecule has 1 atom stereocenters. The van der Waals surface area contributed by atoms with Gasteiger partial charge in [0.05, 0.1) is 5.69 Å². The fraction of sp³-hybridized carbons (Fsp3) is 0.231. The lowest BCUT2D eigenvalue weighted by Gasteiger charge is -2.10. The van der Waals surface area contributed by atoms with Gasteiger partial charge in [-0.2, -0.15) is 0 Å². The molecule has 0 bridgehead atoms. The standard InChI is InChI=1S/C13H13BrN2O/c1-9-3-2-4-12(16-9)13(17)6-10-5-11(14)8-15-7-10/h2-5,7-8,13,17H,6H2,1H3. The van der Waals surface area contributed by atoms with Crippen molar-refractivity contribution in [2.24, 2.45) is 0 Å². The fourth-order valence-corrected chi connectivity index (χ4v) is 2.06. The zero-order valence-electron chi connectivity index (χ0n) is 9.47. The smallest absolute Gasteiger partial charge is 0.100 e. The molecule has 0 aliphatic heterocycles. The maximum absolute atomic E-state index is 10.1. The Kier molecular flexibility index (Phi) is 3.86. The quantitative estimate of drug-likeness (QED) is 0.946. The first-order valence-corrected chi connectivity index (χ1v) is 6.15. The third-order valence-corrected chi connectivity index (χ3v) is 2.88. The molecular formula is C13H13BrN2O. The predicted molar refractivity (Wildman–Crippen MR) is 69.6 cm³/mol. The maximum Gasteiger partial charge on any atom is 0.100 e. The second-order valence-corrected chi connectivity index (χ2v) is 4.85. The summed E-state index contributed by atoms with van der Waals surface area (Å²) in [5.74, 6) is 0. The molecule has 0 spiro atoms. The molecule has 4 heteroatoms. The summed E-state index contributed by atoms with van der Waals surface area (Å²) < 4.78 is 0.916. The number of aryl methyl sites for hydroxylation is 1. The van der Waals surface area contributed by atoms with E-state index in [0.717, 1.165) is 15.7 Å². The Morgan fingerprint density at radius 3 is 2.88 bits per heavy atom. The van der Waals surface area contributed by atoms with Gasteiger partial charge < -0.3 is 5.11 Å². The van der Waals surface area contributed by atoms with Crippen LogP contribution in [0.3, 0.4) is 0 Å². The Labute approximate surface area is 109 Å². The largest absolute Gasteiger partial charge is 0.386 e. The fourth-order valence-electron chi connectivity index (χ4n) is 1.65. The van der Waals surface area contributed by atoms with Crippen molar-refractivity contribution in [1.82, 2.24) is 9.97 Å². The number of aromatic nitrogens is 2. The van der Waals surface area contributed by atoms with E-state index in [1.807, 2.05) is 31.2 Å². The normalized spacial score (nSPS) is 12.4. The van der Waals surface area contributed by atoms with Crippen molar-refractivity contribution < 1.29 is 5.11 Å². The lowest BCUT2D eigenvalue weighted by atomic mass is 10.1. The molecule has 0 saturated heterocycles. The number of hydrogen-bond donors (Lipinski definition) is 1. The number of aliphatic hydroxyl groups is 1. The molecule has 0 aliphatic carbocycles. The first-order valence-electron chi connectivity index (χ1n) is 5.36. The van der Waals surface area contributed by atoms with Crippen molar-refractivity contribution in [3.8, 4) is 0 Å². The summed E-state index contributed by atoms with van der Waals surface area (Å²) in [5.41, 5.74) is 2.59. The van der Waals surface area contributed by atoms with Gasteiger partial charge in [-0.1, -0.05) is 6.07 Å². The topological polar surface area (TPSA) is 46.0 Å². The first kappa shape index (κ1) is 12.2. The average molecular weight is 293 g/mol. The molecule has 0 fully saturated rings. The highest BCUT2D eigenvalue weighted by atomic mass is 79.9. The van der Waals surface area contributed by atoms with Crippen molar-refractivity contribution >= 4 is 15.9 Å². The Morgan fingerprint density at radius 2 is 2.18 bits per heavy atom. The minimum atomic E-state index is -0.592. The van der Waals surface area contributed by atoms with Crippen LogP contribution in [0.15, 0.2) is 41.1 Å². The number of halogens is 1. The summed E-state index contributed by atoms with van der Waals surface area (Å²) in [6.45, 7) is 1.91. The molecule has 2 heterocycles. The lowest BCUT2D eigenvalue weighted by Crippen LogP contribution is -2.05. The van der Waals surface area contributed by atoms with E-state index >= 15 is 0 Å². The van der Waals surface area contributed by atoms with Crippen molar-refractivity contribution in [3.63, 3.8) is 0 Å². The van der Waals surface area contributed by atoms with E-state index in [0.29, 0.717) is 12.1 Å². The van der Waals surface area contributed by atoms with E-state index in [-0.39, 0.29) is 0 Å². The summed E-state index contributed by atoms with van der Waals surface area (Å²) in [7, 11) is 0. The average Bonchev–Trinajstić information content (AvgIpc) is 2.29. The molecule has 3 nitrogen and oxygen atoms in total. The molecular weight excluding hydrogens is 280 g/mol. The van der Waals surface area contributed by atoms with Crippen LogP contribution in [0, 0.1) is 6.92 Å². The Balaban J connectivity index is 2.14. The monoisotopic (exact) mass is 292 g/mol. The number of rotatable bonds is 3. The molecule has 0 radical (unpaired) electrons. The van der Waals surface area contributed by atoms with E-state index in [2.05, 4.69) is 25.9 Å². The van der Waals surface area contributed by atoms with Gasteiger partial charge in [0.1, 0.15) is 6.10 Å². The molecule has 0 saturated carbocycles. The van der Waals surface area contributed by atoms with Crippen molar-refractivity contribution in [2.75, 3.05) is 0 Å². The Bertz CT molecular complexity index is 516. The van der Waals surface area contributed by atoms with Gasteiger partial charge in [0, 0.05) is 29.0 Å². The second-order valence-electron chi connectivity index (χ2n) is 3.94. The molecule has 0 aliphatic rings. The molecule has 2 aromatic heterocycles. The molecule has 1 unspecified atom stereocenters. The van der Waals surface area contributed by atoms with Gasteiger partial charge in [0.2, 0.25) is 0 Å². The summed E-state index contributed by atoms with van der Waals surface area (Å²) in [6, 6.07) is 7.60. The zero-order chi connectivity index (χ0) is 12.3. The van der Waals surface area contributed by atoms with Crippen LogP contribution in [0.25, 0.3) is 0 Å². The Morgan fingerprint density at radius 1 is 1.35 bits per heavy atom. The molecule has 0 aromatic carbocycles. The molecule has 2 aromatic rings. The third-order valence-electron chi connectivity index (χ3n) is 2.44. The van der Waals surface area contributed by atoms with Gasteiger partial charge in [0.15, 0.2) is 0 Å². The van der Waals surface area contributed by atoms with Crippen molar-refractivity contribution in [1.29, 1.82) is 0 Å². The molecule has 88 valence electrons. The first-order chi connectivity index (χ1) is 8.15. The van der Waals surface area contributed by atoms with Crippen LogP contribution in [0.1, 0.15) is 23.1 Å². The summed E-state index contributed by atoms with van der Waals surface area (Å²) in [4.78, 5) is 8.38. The van der Waals surface area contributed by atoms with Crippen LogP contribution >= 0.6 is 15.9 Å². The molecule has 0 amide bonds. The van der Waals surface area contributed by atoms with E-state index < -0.39 is 6.10 Å². The molecule has 17 heavy (non-hydrogen) atoms. The van der Waals surface area contributed by atoms with E-state index in [1.54, 1.807) is 12.4 Å². The van der Waals surface area contributed by atoms with Crippen LogP contribution < -0.4 is 0 Å². The highest BCUT2D eigenvalue weighted by molar-refractivity contribution is 9.10. The van der Waals surface area contributed by atoms with E-state index in [9.17, 15) is 5.11 Å². The van der Waals surface area contributed by atoms with Gasteiger partial charge in [-0.15, -0.1) is 0 Å². The van der Waals surface area contributed by atoms with Crippen LogP contribution in [0.2, 0.25) is 0 Å². The maximum atomic E-state index is 10.1. The summed E-state index contributed by atoms with van der Waals surface area (Å²) in [6.07, 6.45) is 3.40. The number of nitrogens with zero attached hydrogens (tertiary/aromatic N) is 2. The molecule has 1 N–H and O–H groups in total. The van der Waals surface area contributed by atoms with Crippen molar-refractivity contribution in [2.45, 2.75) is 19.4 Å². The van der Waals surface area contributed by atoms with Gasteiger partial charge in [-0.05, 0) is 46.6 Å². The second kappa shape index (κ2) is 5.38.